The monoisotopic (exact) mass is 226 g/mol. The Bertz CT molecular complexity index is 206. The Kier molecular flexibility index (Phi) is 4.62. The van der Waals surface area contributed by atoms with Gasteiger partial charge >= 0.3 is 0 Å². The van der Waals surface area contributed by atoms with Crippen molar-refractivity contribution in [1.29, 1.82) is 0 Å². The zero-order valence-corrected chi connectivity index (χ0v) is 10.7. The molecule has 1 heterocycles. The van der Waals surface area contributed by atoms with E-state index in [1.54, 1.807) is 0 Å². The highest BCUT2D eigenvalue weighted by Gasteiger charge is 2.34. The molecular formula is C13H26N2O. The number of hydrogen-bond donors (Lipinski definition) is 1. The highest BCUT2D eigenvalue weighted by molar-refractivity contribution is 4.89. The Hall–Kier alpha value is -0.120. The second-order valence-corrected chi connectivity index (χ2v) is 5.18. The van der Waals surface area contributed by atoms with Crippen LogP contribution in [0.25, 0.3) is 0 Å². The molecule has 0 aromatic rings. The van der Waals surface area contributed by atoms with Crippen LogP contribution in [-0.2, 0) is 4.74 Å². The molecule has 1 saturated heterocycles. The van der Waals surface area contributed by atoms with E-state index < -0.39 is 0 Å². The van der Waals surface area contributed by atoms with Crippen LogP contribution in [-0.4, -0.2) is 49.8 Å². The van der Waals surface area contributed by atoms with E-state index in [2.05, 4.69) is 24.1 Å². The third kappa shape index (κ3) is 3.19. The highest BCUT2D eigenvalue weighted by Crippen LogP contribution is 2.28. The van der Waals surface area contributed by atoms with E-state index in [0.717, 1.165) is 25.8 Å². The smallest absolute Gasteiger partial charge is 0.0623 e. The van der Waals surface area contributed by atoms with Gasteiger partial charge in [0.25, 0.3) is 0 Å². The average Bonchev–Trinajstić information content (AvgIpc) is 3.05. The van der Waals surface area contributed by atoms with Crippen LogP contribution in [0, 0.1) is 5.92 Å². The van der Waals surface area contributed by atoms with Crippen molar-refractivity contribution in [2.45, 2.75) is 45.2 Å². The molecule has 1 aliphatic carbocycles. The van der Waals surface area contributed by atoms with Crippen molar-refractivity contribution >= 4 is 0 Å². The summed E-state index contributed by atoms with van der Waals surface area (Å²) in [4.78, 5) is 2.64. The molecule has 3 heteroatoms. The van der Waals surface area contributed by atoms with Gasteiger partial charge in [0.2, 0.25) is 0 Å². The fourth-order valence-electron chi connectivity index (χ4n) is 2.61. The predicted octanol–water partition coefficient (Wildman–Crippen LogP) is 1.49. The number of nitrogens with one attached hydrogen (secondary N) is 1. The first-order valence-corrected chi connectivity index (χ1v) is 6.90. The van der Waals surface area contributed by atoms with Crippen LogP contribution in [0.5, 0.6) is 0 Å². The predicted molar refractivity (Wildman–Crippen MR) is 66.7 cm³/mol. The van der Waals surface area contributed by atoms with Crippen LogP contribution in [0.2, 0.25) is 0 Å². The molecule has 94 valence electrons. The van der Waals surface area contributed by atoms with Gasteiger partial charge in [-0.3, -0.25) is 0 Å². The Morgan fingerprint density at radius 3 is 2.69 bits per heavy atom. The van der Waals surface area contributed by atoms with Crippen LogP contribution < -0.4 is 5.32 Å². The topological polar surface area (TPSA) is 24.5 Å². The van der Waals surface area contributed by atoms with E-state index in [0.29, 0.717) is 12.0 Å². The van der Waals surface area contributed by atoms with E-state index in [1.165, 1.54) is 32.4 Å². The van der Waals surface area contributed by atoms with Gasteiger partial charge in [-0.25, -0.2) is 0 Å². The molecule has 0 bridgehead atoms. The molecule has 0 aromatic heterocycles. The van der Waals surface area contributed by atoms with Crippen molar-refractivity contribution in [2.75, 3.05) is 32.8 Å². The lowest BCUT2D eigenvalue weighted by atomic mass is 10.0. The van der Waals surface area contributed by atoms with Crippen molar-refractivity contribution < 1.29 is 4.74 Å². The van der Waals surface area contributed by atoms with Crippen LogP contribution in [0.15, 0.2) is 0 Å². The van der Waals surface area contributed by atoms with Crippen molar-refractivity contribution in [3.05, 3.63) is 0 Å². The molecule has 16 heavy (non-hydrogen) atoms. The molecule has 1 saturated carbocycles. The van der Waals surface area contributed by atoms with Crippen molar-refractivity contribution in [3.63, 3.8) is 0 Å². The maximum atomic E-state index is 5.62. The summed E-state index contributed by atoms with van der Waals surface area (Å²) in [6.45, 7) is 9.91. The van der Waals surface area contributed by atoms with Crippen LogP contribution in [0.4, 0.5) is 0 Å². The minimum Gasteiger partial charge on any atom is -0.379 e. The second kappa shape index (κ2) is 5.99. The third-order valence-corrected chi connectivity index (χ3v) is 3.79. The lowest BCUT2D eigenvalue weighted by Crippen LogP contribution is -2.42. The van der Waals surface area contributed by atoms with E-state index in [9.17, 15) is 0 Å². The normalized spacial score (nSPS) is 30.2. The summed E-state index contributed by atoms with van der Waals surface area (Å²) < 4.78 is 5.62. The zero-order valence-electron chi connectivity index (χ0n) is 10.7. The average molecular weight is 226 g/mol. The van der Waals surface area contributed by atoms with Gasteiger partial charge in [-0.2, -0.15) is 0 Å². The van der Waals surface area contributed by atoms with Gasteiger partial charge in [-0.1, -0.05) is 13.8 Å². The first-order valence-electron chi connectivity index (χ1n) is 6.90. The van der Waals surface area contributed by atoms with E-state index in [1.807, 2.05) is 0 Å². The first kappa shape index (κ1) is 12.3. The molecule has 2 aliphatic rings. The standard InChI is InChI=1S/C13H26N2O/c1-3-7-14-13-10-16-9-11(13)8-15(4-2)12-5-6-12/h11-14H,3-10H2,1-2H3. The van der Waals surface area contributed by atoms with E-state index >= 15 is 0 Å². The van der Waals surface area contributed by atoms with Crippen molar-refractivity contribution in [2.24, 2.45) is 5.92 Å². The molecule has 1 aliphatic heterocycles. The molecule has 0 amide bonds. The zero-order chi connectivity index (χ0) is 11.4. The third-order valence-electron chi connectivity index (χ3n) is 3.79. The summed E-state index contributed by atoms with van der Waals surface area (Å²) in [6, 6.07) is 1.48. The van der Waals surface area contributed by atoms with Gasteiger partial charge in [0, 0.05) is 24.5 Å². The second-order valence-electron chi connectivity index (χ2n) is 5.18. The Balaban J connectivity index is 1.77. The molecule has 3 nitrogen and oxygen atoms in total. The maximum absolute atomic E-state index is 5.62. The molecule has 0 radical (unpaired) electrons. The largest absolute Gasteiger partial charge is 0.379 e. The van der Waals surface area contributed by atoms with E-state index in [4.69, 9.17) is 4.74 Å². The molecule has 2 unspecified atom stereocenters. The Morgan fingerprint density at radius 1 is 1.25 bits per heavy atom. The summed E-state index contributed by atoms with van der Waals surface area (Å²) in [6.07, 6.45) is 4.03. The summed E-state index contributed by atoms with van der Waals surface area (Å²) in [5.41, 5.74) is 0. The molecule has 1 N–H and O–H groups in total. The van der Waals surface area contributed by atoms with Gasteiger partial charge in [0.15, 0.2) is 0 Å². The van der Waals surface area contributed by atoms with Crippen molar-refractivity contribution in [3.8, 4) is 0 Å². The summed E-state index contributed by atoms with van der Waals surface area (Å²) in [7, 11) is 0. The number of ether oxygens (including phenoxy) is 1. The van der Waals surface area contributed by atoms with E-state index in [-0.39, 0.29) is 0 Å². The molecular weight excluding hydrogens is 200 g/mol. The number of rotatable bonds is 7. The molecule has 2 fully saturated rings. The van der Waals surface area contributed by atoms with Gasteiger partial charge in [-0.15, -0.1) is 0 Å². The Morgan fingerprint density at radius 2 is 2.06 bits per heavy atom. The van der Waals surface area contributed by atoms with Crippen LogP contribution in [0.3, 0.4) is 0 Å². The lowest BCUT2D eigenvalue weighted by Gasteiger charge is -2.26. The Labute approximate surface area is 99.5 Å². The van der Waals surface area contributed by atoms with Crippen LogP contribution >= 0.6 is 0 Å². The fourth-order valence-corrected chi connectivity index (χ4v) is 2.61. The summed E-state index contributed by atoms with van der Waals surface area (Å²) in [5.74, 6) is 0.701. The summed E-state index contributed by atoms with van der Waals surface area (Å²) in [5, 5.41) is 3.62. The summed E-state index contributed by atoms with van der Waals surface area (Å²) >= 11 is 0. The highest BCUT2D eigenvalue weighted by atomic mass is 16.5. The van der Waals surface area contributed by atoms with Crippen LogP contribution in [0.1, 0.15) is 33.1 Å². The minimum absolute atomic E-state index is 0.591. The van der Waals surface area contributed by atoms with Gasteiger partial charge in [0.1, 0.15) is 0 Å². The molecule has 0 spiro atoms. The van der Waals surface area contributed by atoms with Crippen molar-refractivity contribution in [1.82, 2.24) is 10.2 Å². The first-order chi connectivity index (χ1) is 7.85. The SMILES string of the molecule is CCCNC1COCC1CN(CC)C1CC1. The number of nitrogens with zero attached hydrogens (tertiary/aromatic N) is 1. The quantitative estimate of drug-likeness (QED) is 0.712. The maximum Gasteiger partial charge on any atom is 0.0623 e. The van der Waals surface area contributed by atoms with Gasteiger partial charge in [-0.05, 0) is 32.4 Å². The van der Waals surface area contributed by atoms with Gasteiger partial charge in [0.05, 0.1) is 13.2 Å². The van der Waals surface area contributed by atoms with Gasteiger partial charge < -0.3 is 15.0 Å². The number of hydrogen-bond acceptors (Lipinski definition) is 3. The fraction of sp³-hybridized carbons (Fsp3) is 1.00. The minimum atomic E-state index is 0.591. The lowest BCUT2D eigenvalue weighted by molar-refractivity contribution is 0.166. The molecule has 2 rings (SSSR count). The molecule has 2 atom stereocenters. The molecule has 0 aromatic carbocycles.